The van der Waals surface area contributed by atoms with E-state index in [2.05, 4.69) is 16.5 Å². The number of nitrogens with zero attached hydrogens (tertiary/aromatic N) is 4. The number of aromatic nitrogens is 3. The molecule has 0 radical (unpaired) electrons. The number of nitriles is 1. The van der Waals surface area contributed by atoms with Crippen LogP contribution in [0, 0.1) is 17.1 Å². The van der Waals surface area contributed by atoms with E-state index < -0.39 is 11.4 Å². The molecule has 6 nitrogen and oxygen atoms in total. The van der Waals surface area contributed by atoms with Crippen LogP contribution in [0.5, 0.6) is 0 Å². The van der Waals surface area contributed by atoms with E-state index in [1.54, 1.807) is 44.3 Å². The number of carbonyl (C=O) groups excluding carboxylic acids is 1. The van der Waals surface area contributed by atoms with E-state index in [0.29, 0.717) is 22.5 Å². The summed E-state index contributed by atoms with van der Waals surface area (Å²) >= 11 is 0. The van der Waals surface area contributed by atoms with Gasteiger partial charge in [-0.3, -0.25) is 9.48 Å². The molecule has 3 aromatic rings. The van der Waals surface area contributed by atoms with Crippen molar-refractivity contribution in [2.45, 2.75) is 45.7 Å². The van der Waals surface area contributed by atoms with Gasteiger partial charge < -0.3 is 5.32 Å². The highest BCUT2D eigenvalue weighted by Crippen LogP contribution is 2.28. The second-order valence-electron chi connectivity index (χ2n) is 8.62. The van der Waals surface area contributed by atoms with E-state index in [0.717, 1.165) is 5.69 Å². The van der Waals surface area contributed by atoms with Gasteiger partial charge in [-0.25, -0.2) is 9.37 Å². The third-order valence-electron chi connectivity index (χ3n) is 4.47. The molecular formula is C23H24FN5O. The van der Waals surface area contributed by atoms with Gasteiger partial charge >= 0.3 is 0 Å². The highest BCUT2D eigenvalue weighted by Gasteiger charge is 2.23. The average Bonchev–Trinajstić information content (AvgIpc) is 3.18. The Bertz CT molecular complexity index is 1120. The summed E-state index contributed by atoms with van der Waals surface area (Å²) in [4.78, 5) is 17.6. The first-order chi connectivity index (χ1) is 14.0. The van der Waals surface area contributed by atoms with Crippen molar-refractivity contribution in [3.05, 3.63) is 60.0 Å². The van der Waals surface area contributed by atoms with E-state index in [1.165, 1.54) is 12.1 Å². The number of nitrogens with one attached hydrogen (secondary N) is 1. The van der Waals surface area contributed by atoms with Crippen LogP contribution in [0.3, 0.4) is 0 Å². The molecule has 0 saturated carbocycles. The third-order valence-corrected chi connectivity index (χ3v) is 4.47. The first-order valence-electron chi connectivity index (χ1n) is 9.57. The van der Waals surface area contributed by atoms with Gasteiger partial charge in [-0.2, -0.15) is 10.4 Å². The Labute approximate surface area is 175 Å². The van der Waals surface area contributed by atoms with Gasteiger partial charge in [-0.05, 0) is 77.1 Å². The minimum absolute atomic E-state index is 0.294. The van der Waals surface area contributed by atoms with Crippen molar-refractivity contribution in [2.75, 3.05) is 0 Å². The summed E-state index contributed by atoms with van der Waals surface area (Å²) in [5.74, 6) is -0.746. The Hall–Kier alpha value is -3.53. The molecule has 0 aliphatic carbocycles. The quantitative estimate of drug-likeness (QED) is 0.691. The second kappa shape index (κ2) is 7.71. The van der Waals surface area contributed by atoms with Gasteiger partial charge in [0.15, 0.2) is 0 Å². The number of carbonyl (C=O) groups is 1. The summed E-state index contributed by atoms with van der Waals surface area (Å²) in [7, 11) is 0. The molecule has 0 atom stereocenters. The lowest BCUT2D eigenvalue weighted by molar-refractivity contribution is 0.0929. The lowest BCUT2D eigenvalue weighted by Crippen LogP contribution is -2.42. The standard InChI is InChI=1S/C23H24FN5O/c1-22(2,3)29-20(10-11-26-29)19-13-16(21(30)28-23(4,5)14-25)12-18(27-19)15-6-8-17(24)9-7-15/h6-13H,1-5H3,(H,28,30). The number of amides is 1. The van der Waals surface area contributed by atoms with Crippen molar-refractivity contribution in [1.82, 2.24) is 20.1 Å². The summed E-state index contributed by atoms with van der Waals surface area (Å²) in [6, 6.07) is 13.1. The van der Waals surface area contributed by atoms with Crippen LogP contribution < -0.4 is 5.32 Å². The highest BCUT2D eigenvalue weighted by atomic mass is 19.1. The minimum atomic E-state index is -1.02. The van der Waals surface area contributed by atoms with E-state index in [-0.39, 0.29) is 11.4 Å². The average molecular weight is 405 g/mol. The fourth-order valence-corrected chi connectivity index (χ4v) is 2.98. The van der Waals surface area contributed by atoms with Crippen molar-refractivity contribution in [2.24, 2.45) is 0 Å². The highest BCUT2D eigenvalue weighted by molar-refractivity contribution is 5.97. The molecule has 0 fully saturated rings. The SMILES string of the molecule is CC(C)(C#N)NC(=O)c1cc(-c2ccc(F)cc2)nc(-c2ccnn2C(C)(C)C)c1. The van der Waals surface area contributed by atoms with Crippen LogP contribution in [-0.2, 0) is 5.54 Å². The molecule has 0 bridgehead atoms. The Morgan fingerprint density at radius 3 is 2.30 bits per heavy atom. The summed E-state index contributed by atoms with van der Waals surface area (Å²) < 4.78 is 15.2. The molecule has 1 aromatic carbocycles. The predicted octanol–water partition coefficient (Wildman–Crippen LogP) is 4.54. The molecule has 2 aromatic heterocycles. The molecule has 2 heterocycles. The van der Waals surface area contributed by atoms with Gasteiger partial charge in [0.25, 0.3) is 5.91 Å². The lowest BCUT2D eigenvalue weighted by atomic mass is 10.0. The number of halogens is 1. The largest absolute Gasteiger partial charge is 0.334 e. The Kier molecular flexibility index (Phi) is 5.45. The molecule has 0 spiro atoms. The molecule has 30 heavy (non-hydrogen) atoms. The van der Waals surface area contributed by atoms with Gasteiger partial charge in [-0.15, -0.1) is 0 Å². The maximum atomic E-state index is 13.4. The van der Waals surface area contributed by atoms with Gasteiger partial charge in [0, 0.05) is 17.3 Å². The summed E-state index contributed by atoms with van der Waals surface area (Å²) in [5, 5.41) is 16.4. The monoisotopic (exact) mass is 405 g/mol. The fraction of sp³-hybridized carbons (Fsp3) is 0.304. The van der Waals surface area contributed by atoms with E-state index in [1.807, 2.05) is 31.5 Å². The number of pyridine rings is 1. The lowest BCUT2D eigenvalue weighted by Gasteiger charge is -2.23. The van der Waals surface area contributed by atoms with Crippen LogP contribution in [0.4, 0.5) is 4.39 Å². The van der Waals surface area contributed by atoms with Gasteiger partial charge in [0.1, 0.15) is 11.4 Å². The maximum absolute atomic E-state index is 13.4. The van der Waals surface area contributed by atoms with Crippen molar-refractivity contribution in [3.63, 3.8) is 0 Å². The minimum Gasteiger partial charge on any atom is -0.334 e. The molecular weight excluding hydrogens is 381 g/mol. The molecule has 3 rings (SSSR count). The maximum Gasteiger partial charge on any atom is 0.252 e. The zero-order chi connectivity index (χ0) is 22.1. The van der Waals surface area contributed by atoms with Crippen LogP contribution in [0.2, 0.25) is 0 Å². The van der Waals surface area contributed by atoms with Crippen LogP contribution >= 0.6 is 0 Å². The smallest absolute Gasteiger partial charge is 0.252 e. The van der Waals surface area contributed by atoms with Crippen LogP contribution in [0.25, 0.3) is 22.6 Å². The Morgan fingerprint density at radius 1 is 1.07 bits per heavy atom. The van der Waals surface area contributed by atoms with Crippen molar-refractivity contribution in [1.29, 1.82) is 5.26 Å². The molecule has 154 valence electrons. The van der Waals surface area contributed by atoms with E-state index in [4.69, 9.17) is 4.98 Å². The topological polar surface area (TPSA) is 83.6 Å². The van der Waals surface area contributed by atoms with Gasteiger partial charge in [0.05, 0.1) is 28.7 Å². The summed E-state index contributed by atoms with van der Waals surface area (Å²) in [6.45, 7) is 9.33. The molecule has 1 N–H and O–H groups in total. The van der Waals surface area contributed by atoms with Crippen LogP contribution in [0.15, 0.2) is 48.7 Å². The number of hydrogen-bond donors (Lipinski definition) is 1. The zero-order valence-electron chi connectivity index (χ0n) is 17.7. The fourth-order valence-electron chi connectivity index (χ4n) is 2.98. The summed E-state index contributed by atoms with van der Waals surface area (Å²) in [5.41, 5.74) is 1.54. The van der Waals surface area contributed by atoms with E-state index >= 15 is 0 Å². The number of rotatable bonds is 4. The predicted molar refractivity (Wildman–Crippen MR) is 113 cm³/mol. The van der Waals surface area contributed by atoms with Gasteiger partial charge in [0.2, 0.25) is 0 Å². The Morgan fingerprint density at radius 2 is 1.70 bits per heavy atom. The molecule has 0 aliphatic heterocycles. The third kappa shape index (κ3) is 4.54. The normalized spacial score (nSPS) is 11.8. The molecule has 0 aliphatic rings. The van der Waals surface area contributed by atoms with Gasteiger partial charge in [-0.1, -0.05) is 0 Å². The molecule has 1 amide bonds. The summed E-state index contributed by atoms with van der Waals surface area (Å²) in [6.07, 6.45) is 1.69. The van der Waals surface area contributed by atoms with E-state index in [9.17, 15) is 14.4 Å². The molecule has 7 heteroatoms. The second-order valence-corrected chi connectivity index (χ2v) is 8.62. The molecule has 0 saturated heterocycles. The van der Waals surface area contributed by atoms with Crippen molar-refractivity contribution < 1.29 is 9.18 Å². The Balaban J connectivity index is 2.17. The first kappa shape index (κ1) is 21.2. The van der Waals surface area contributed by atoms with Crippen molar-refractivity contribution >= 4 is 5.91 Å². The van der Waals surface area contributed by atoms with Crippen LogP contribution in [-0.4, -0.2) is 26.2 Å². The zero-order valence-corrected chi connectivity index (χ0v) is 17.7. The van der Waals surface area contributed by atoms with Crippen molar-refractivity contribution in [3.8, 4) is 28.7 Å². The van der Waals surface area contributed by atoms with Crippen LogP contribution in [0.1, 0.15) is 45.0 Å². The number of benzene rings is 1. The number of hydrogen-bond acceptors (Lipinski definition) is 4. The first-order valence-corrected chi connectivity index (χ1v) is 9.57. The molecule has 0 unspecified atom stereocenters.